The number of methoxy groups -OCH3 is 1. The number of benzene rings is 1. The lowest BCUT2D eigenvalue weighted by Gasteiger charge is -2.13. The Morgan fingerprint density at radius 3 is 2.75 bits per heavy atom. The highest BCUT2D eigenvalue weighted by atomic mass is 16.5. The van der Waals surface area contributed by atoms with Crippen LogP contribution in [0, 0.1) is 0 Å². The van der Waals surface area contributed by atoms with Crippen LogP contribution in [0.25, 0.3) is 0 Å². The molecular weight excluding hydrogens is 202 g/mol. The number of ether oxygens (including phenoxy) is 1. The molecule has 0 atom stereocenters. The van der Waals surface area contributed by atoms with Crippen LogP contribution in [0.2, 0.25) is 0 Å². The summed E-state index contributed by atoms with van der Waals surface area (Å²) in [6, 6.07) is 5.76. The number of nitrogens with one attached hydrogen (secondary N) is 1. The normalized spacial score (nSPS) is 10.5. The second-order valence-electron chi connectivity index (χ2n) is 4.01. The summed E-state index contributed by atoms with van der Waals surface area (Å²) >= 11 is 0. The standard InChI is InChI=1S/C12H21N3O/c1-15(2)9-5-8-14-10-6-4-7-11(16-3)12(10)13/h4,6-7,14H,5,8-9,13H2,1-3H3. The maximum absolute atomic E-state index is 5.94. The predicted molar refractivity (Wildman–Crippen MR) is 69.1 cm³/mol. The minimum atomic E-state index is 0.676. The van der Waals surface area contributed by atoms with Gasteiger partial charge in [-0.05, 0) is 39.2 Å². The van der Waals surface area contributed by atoms with Crippen molar-refractivity contribution in [3.63, 3.8) is 0 Å². The third-order valence-corrected chi connectivity index (χ3v) is 2.38. The molecule has 0 radical (unpaired) electrons. The van der Waals surface area contributed by atoms with Crippen LogP contribution in [0.1, 0.15) is 6.42 Å². The molecule has 0 saturated carbocycles. The van der Waals surface area contributed by atoms with Crippen molar-refractivity contribution in [1.29, 1.82) is 0 Å². The van der Waals surface area contributed by atoms with Crippen LogP contribution in [0.4, 0.5) is 11.4 Å². The molecule has 1 aromatic rings. The van der Waals surface area contributed by atoms with Gasteiger partial charge in [0.25, 0.3) is 0 Å². The van der Waals surface area contributed by atoms with E-state index in [0.717, 1.165) is 30.9 Å². The van der Waals surface area contributed by atoms with Crippen LogP contribution in [-0.4, -0.2) is 39.2 Å². The van der Waals surface area contributed by atoms with Gasteiger partial charge in [-0.1, -0.05) is 6.07 Å². The molecular formula is C12H21N3O. The second-order valence-corrected chi connectivity index (χ2v) is 4.01. The molecule has 4 heteroatoms. The first-order chi connectivity index (χ1) is 7.65. The van der Waals surface area contributed by atoms with Crippen molar-refractivity contribution in [3.8, 4) is 5.75 Å². The van der Waals surface area contributed by atoms with E-state index in [0.29, 0.717) is 5.69 Å². The molecule has 0 aliphatic rings. The molecule has 0 amide bonds. The average molecular weight is 223 g/mol. The molecule has 0 saturated heterocycles. The Hall–Kier alpha value is -1.42. The summed E-state index contributed by atoms with van der Waals surface area (Å²) in [5, 5.41) is 3.31. The Morgan fingerprint density at radius 1 is 1.38 bits per heavy atom. The summed E-state index contributed by atoms with van der Waals surface area (Å²) in [4.78, 5) is 2.16. The monoisotopic (exact) mass is 223 g/mol. The lowest BCUT2D eigenvalue weighted by molar-refractivity contribution is 0.405. The Labute approximate surface area is 97.4 Å². The molecule has 0 aromatic heterocycles. The van der Waals surface area contributed by atoms with Crippen LogP contribution in [-0.2, 0) is 0 Å². The zero-order chi connectivity index (χ0) is 12.0. The molecule has 0 aliphatic carbocycles. The Kier molecular flexibility index (Phi) is 4.92. The van der Waals surface area contributed by atoms with E-state index in [1.165, 1.54) is 0 Å². The van der Waals surface area contributed by atoms with E-state index in [1.807, 2.05) is 18.2 Å². The van der Waals surface area contributed by atoms with Crippen LogP contribution in [0.3, 0.4) is 0 Å². The van der Waals surface area contributed by atoms with E-state index >= 15 is 0 Å². The van der Waals surface area contributed by atoms with E-state index in [1.54, 1.807) is 7.11 Å². The fourth-order valence-electron chi connectivity index (χ4n) is 1.49. The summed E-state index contributed by atoms with van der Waals surface area (Å²) in [5.74, 6) is 0.720. The van der Waals surface area contributed by atoms with Crippen molar-refractivity contribution in [3.05, 3.63) is 18.2 Å². The maximum atomic E-state index is 5.94. The number of anilines is 2. The van der Waals surface area contributed by atoms with E-state index in [4.69, 9.17) is 10.5 Å². The smallest absolute Gasteiger partial charge is 0.143 e. The molecule has 0 heterocycles. The second kappa shape index (κ2) is 6.23. The Balaban J connectivity index is 2.47. The largest absolute Gasteiger partial charge is 0.495 e. The van der Waals surface area contributed by atoms with Crippen molar-refractivity contribution in [2.75, 3.05) is 45.3 Å². The highest BCUT2D eigenvalue weighted by molar-refractivity contribution is 5.72. The van der Waals surface area contributed by atoms with Crippen LogP contribution < -0.4 is 15.8 Å². The number of hydrogen-bond donors (Lipinski definition) is 2. The van der Waals surface area contributed by atoms with Crippen molar-refractivity contribution < 1.29 is 4.74 Å². The zero-order valence-corrected chi connectivity index (χ0v) is 10.3. The van der Waals surface area contributed by atoms with Gasteiger partial charge in [-0.2, -0.15) is 0 Å². The lowest BCUT2D eigenvalue weighted by atomic mass is 10.2. The van der Waals surface area contributed by atoms with Gasteiger partial charge in [0.05, 0.1) is 18.5 Å². The first-order valence-electron chi connectivity index (χ1n) is 5.46. The van der Waals surface area contributed by atoms with Gasteiger partial charge in [0.15, 0.2) is 0 Å². The molecule has 0 spiro atoms. The van der Waals surface area contributed by atoms with Gasteiger partial charge in [-0.25, -0.2) is 0 Å². The predicted octanol–water partition coefficient (Wildman–Crippen LogP) is 1.64. The van der Waals surface area contributed by atoms with E-state index < -0.39 is 0 Å². The molecule has 0 aliphatic heterocycles. The summed E-state index contributed by atoms with van der Waals surface area (Å²) in [6.45, 7) is 1.98. The number of hydrogen-bond acceptors (Lipinski definition) is 4. The van der Waals surface area contributed by atoms with Gasteiger partial charge >= 0.3 is 0 Å². The van der Waals surface area contributed by atoms with Crippen LogP contribution in [0.5, 0.6) is 5.75 Å². The number of nitrogens with zero attached hydrogens (tertiary/aromatic N) is 1. The van der Waals surface area contributed by atoms with E-state index in [9.17, 15) is 0 Å². The molecule has 90 valence electrons. The van der Waals surface area contributed by atoms with Crippen molar-refractivity contribution in [2.24, 2.45) is 0 Å². The SMILES string of the molecule is COc1cccc(NCCCN(C)C)c1N. The fourth-order valence-corrected chi connectivity index (χ4v) is 1.49. The third kappa shape index (κ3) is 3.62. The zero-order valence-electron chi connectivity index (χ0n) is 10.3. The van der Waals surface area contributed by atoms with Gasteiger partial charge in [0, 0.05) is 6.54 Å². The first-order valence-corrected chi connectivity index (χ1v) is 5.46. The fraction of sp³-hybridized carbons (Fsp3) is 0.500. The number of nitrogen functional groups attached to an aromatic ring is 1. The lowest BCUT2D eigenvalue weighted by Crippen LogP contribution is -2.16. The molecule has 1 rings (SSSR count). The van der Waals surface area contributed by atoms with Gasteiger partial charge in [-0.15, -0.1) is 0 Å². The molecule has 16 heavy (non-hydrogen) atoms. The van der Waals surface area contributed by atoms with E-state index in [-0.39, 0.29) is 0 Å². The number of rotatable bonds is 6. The van der Waals surface area contributed by atoms with Crippen molar-refractivity contribution >= 4 is 11.4 Å². The summed E-state index contributed by atoms with van der Waals surface area (Å²) in [6.07, 6.45) is 1.09. The molecule has 0 fully saturated rings. The van der Waals surface area contributed by atoms with Gasteiger partial charge in [-0.3, -0.25) is 0 Å². The molecule has 0 unspecified atom stereocenters. The molecule has 1 aromatic carbocycles. The molecule has 0 bridgehead atoms. The van der Waals surface area contributed by atoms with Gasteiger partial charge in [0.1, 0.15) is 5.75 Å². The summed E-state index contributed by atoms with van der Waals surface area (Å²) < 4.78 is 5.16. The average Bonchev–Trinajstić information content (AvgIpc) is 2.26. The third-order valence-electron chi connectivity index (χ3n) is 2.38. The minimum Gasteiger partial charge on any atom is -0.495 e. The topological polar surface area (TPSA) is 50.5 Å². The van der Waals surface area contributed by atoms with Crippen molar-refractivity contribution in [1.82, 2.24) is 4.90 Å². The Morgan fingerprint density at radius 2 is 2.12 bits per heavy atom. The molecule has 4 nitrogen and oxygen atoms in total. The minimum absolute atomic E-state index is 0.676. The van der Waals surface area contributed by atoms with Gasteiger partial charge < -0.3 is 20.7 Å². The molecule has 3 N–H and O–H groups in total. The number of para-hydroxylation sites is 1. The highest BCUT2D eigenvalue weighted by Crippen LogP contribution is 2.28. The summed E-state index contributed by atoms with van der Waals surface area (Å²) in [5.41, 5.74) is 7.56. The quantitative estimate of drug-likeness (QED) is 0.568. The number of nitrogens with two attached hydrogens (primary N) is 1. The van der Waals surface area contributed by atoms with Gasteiger partial charge in [0.2, 0.25) is 0 Å². The highest BCUT2D eigenvalue weighted by Gasteiger charge is 2.03. The maximum Gasteiger partial charge on any atom is 0.143 e. The van der Waals surface area contributed by atoms with Crippen LogP contribution >= 0.6 is 0 Å². The first kappa shape index (κ1) is 12.6. The summed E-state index contributed by atoms with van der Waals surface area (Å²) in [7, 11) is 5.77. The van der Waals surface area contributed by atoms with E-state index in [2.05, 4.69) is 24.3 Å². The Bertz CT molecular complexity index is 326. The van der Waals surface area contributed by atoms with Crippen molar-refractivity contribution in [2.45, 2.75) is 6.42 Å². The van der Waals surface area contributed by atoms with Crippen LogP contribution in [0.15, 0.2) is 18.2 Å².